The molecule has 0 saturated carbocycles. The minimum absolute atomic E-state index is 0. The minimum Gasteiger partial charge on any atom is -1.00 e. The number of nitrogens with zero attached hydrogens (tertiary/aromatic N) is 3. The molecule has 0 fully saturated rings. The van der Waals surface area contributed by atoms with Gasteiger partial charge in [-0.2, -0.15) is 0 Å². The molecule has 1 N–H and O–H groups in total. The standard InChI is InChI=1S/C7H5ClN2.C5H3ClN2O2.C2H3.BrH.FH.Mg.H2/c8-7-6-5(1-3-9-6)2-4-10-7;6-5-4(8(9)10)2-1-3-7-5;1-2;;;;/h1-4,9H;1-3H;1H,2H2;2*1H;;1H/q;;-1;;;+2;/p-1/i;;;;;;1+2. The van der Waals surface area contributed by atoms with Crippen molar-refractivity contribution >= 4 is 62.8 Å². The van der Waals surface area contributed by atoms with Crippen LogP contribution in [0.5, 0.6) is 0 Å². The summed E-state index contributed by atoms with van der Waals surface area (Å²) in [4.78, 5) is 20.0. The van der Waals surface area contributed by atoms with Crippen molar-refractivity contribution in [3.05, 3.63) is 76.4 Å². The van der Waals surface area contributed by atoms with Crippen molar-refractivity contribution in [1.82, 2.24) is 15.0 Å². The monoisotopic (exact) mass is 464 g/mol. The summed E-state index contributed by atoms with van der Waals surface area (Å²) in [5.74, 6) is 0. The third-order valence-electron chi connectivity index (χ3n) is 2.36. The first-order valence-electron chi connectivity index (χ1n) is 5.83. The van der Waals surface area contributed by atoms with Gasteiger partial charge in [-0.25, -0.2) is 9.97 Å². The van der Waals surface area contributed by atoms with Gasteiger partial charge in [-0.15, -0.1) is 0 Å². The number of nitro groups is 1. The van der Waals surface area contributed by atoms with Gasteiger partial charge in [0.05, 0.1) is 10.4 Å². The maximum absolute atomic E-state index is 10.1. The van der Waals surface area contributed by atoms with Crippen LogP contribution in [0.25, 0.3) is 10.9 Å². The van der Waals surface area contributed by atoms with Gasteiger partial charge in [-0.3, -0.25) is 21.4 Å². The second-order valence-electron chi connectivity index (χ2n) is 3.61. The molecule has 0 amide bonds. The SMILES string of the molecule is Clc1nccc2cc[nH]c12.F.O=[N+]([O-])c1cccnc1Cl.[3HH].[Br-].[CH-]=C.[Mg+2]. The summed E-state index contributed by atoms with van der Waals surface area (Å²) in [5.41, 5.74) is 0.744. The van der Waals surface area contributed by atoms with Gasteiger partial charge in [-0.1, -0.05) is 23.2 Å². The number of rotatable bonds is 1. The van der Waals surface area contributed by atoms with Gasteiger partial charge in [0.2, 0.25) is 5.15 Å². The van der Waals surface area contributed by atoms with E-state index in [2.05, 4.69) is 28.1 Å². The van der Waals surface area contributed by atoms with Crippen LogP contribution in [0.1, 0.15) is 1.43 Å². The maximum atomic E-state index is 10.1. The first-order chi connectivity index (χ1) is 10.6. The second kappa shape index (κ2) is 15.0. The van der Waals surface area contributed by atoms with Crippen molar-refractivity contribution in [2.24, 2.45) is 0 Å². The van der Waals surface area contributed by atoms with Crippen LogP contribution in [0.2, 0.25) is 10.3 Å². The average molecular weight is 466 g/mol. The number of aromatic amines is 1. The van der Waals surface area contributed by atoms with Gasteiger partial charge < -0.3 is 28.5 Å². The molecule has 0 atom stereocenters. The summed E-state index contributed by atoms with van der Waals surface area (Å²) in [6.07, 6.45) is 4.94. The zero-order valence-corrected chi connectivity index (χ0v) is 17.2. The Morgan fingerprint density at radius 2 is 1.76 bits per heavy atom. The molecular formula is C14H14BrCl2FMgN4O2. The first-order valence-corrected chi connectivity index (χ1v) is 6.58. The Morgan fingerprint density at radius 3 is 2.24 bits per heavy atom. The summed E-state index contributed by atoms with van der Waals surface area (Å²) in [6.45, 7) is 7.00. The summed E-state index contributed by atoms with van der Waals surface area (Å²) in [5, 5.41) is 11.7. The number of pyridine rings is 2. The van der Waals surface area contributed by atoms with Crippen LogP contribution < -0.4 is 17.0 Å². The Balaban J connectivity index is -0.000000149. The molecule has 3 heterocycles. The Labute approximate surface area is 181 Å². The molecule has 0 bridgehead atoms. The molecule has 0 aliphatic heterocycles. The normalized spacial score (nSPS) is 8.08. The molecule has 0 unspecified atom stereocenters. The molecule has 0 spiro atoms. The van der Waals surface area contributed by atoms with Crippen molar-refractivity contribution in [2.75, 3.05) is 0 Å². The van der Waals surface area contributed by atoms with Crippen LogP contribution >= 0.6 is 23.2 Å². The molecule has 132 valence electrons. The molecule has 6 nitrogen and oxygen atoms in total. The Bertz CT molecular complexity index is 785. The van der Waals surface area contributed by atoms with E-state index >= 15 is 0 Å². The molecule has 3 aromatic rings. The molecule has 11 heteroatoms. The number of fused-ring (bicyclic) bond motifs is 1. The molecule has 0 saturated heterocycles. The van der Waals surface area contributed by atoms with E-state index < -0.39 is 4.92 Å². The van der Waals surface area contributed by atoms with E-state index in [9.17, 15) is 10.1 Å². The van der Waals surface area contributed by atoms with E-state index in [1.54, 1.807) is 6.20 Å². The molecule has 3 rings (SSSR count). The van der Waals surface area contributed by atoms with Crippen molar-refractivity contribution in [1.29, 1.82) is 0 Å². The van der Waals surface area contributed by atoms with Gasteiger partial charge in [0.1, 0.15) is 0 Å². The third kappa shape index (κ3) is 8.59. The van der Waals surface area contributed by atoms with Crippen LogP contribution in [0.3, 0.4) is 0 Å². The molecule has 0 aliphatic rings. The second-order valence-corrected chi connectivity index (χ2v) is 4.33. The number of hydrogen-bond donors (Lipinski definition) is 1. The van der Waals surface area contributed by atoms with Crippen LogP contribution in [-0.2, 0) is 0 Å². The van der Waals surface area contributed by atoms with Gasteiger partial charge in [0.15, 0.2) is 5.15 Å². The largest absolute Gasteiger partial charge is 2.00 e. The Kier molecular flexibility index (Phi) is 17.2. The van der Waals surface area contributed by atoms with Gasteiger partial charge in [0, 0.05) is 31.5 Å². The van der Waals surface area contributed by atoms with E-state index in [4.69, 9.17) is 23.2 Å². The smallest absolute Gasteiger partial charge is 1.00 e. The van der Waals surface area contributed by atoms with Crippen molar-refractivity contribution in [2.45, 2.75) is 0 Å². The van der Waals surface area contributed by atoms with E-state index in [1.807, 2.05) is 18.3 Å². The zero-order valence-electron chi connectivity index (χ0n) is 12.7. The van der Waals surface area contributed by atoms with Crippen molar-refractivity contribution < 1.29 is 28.0 Å². The van der Waals surface area contributed by atoms with Crippen molar-refractivity contribution in [3.63, 3.8) is 0 Å². The minimum atomic E-state index is -0.574. The van der Waals surface area contributed by atoms with Crippen LogP contribution in [-0.4, -0.2) is 42.9 Å². The maximum Gasteiger partial charge on any atom is 2.00 e. The fourth-order valence-electron chi connectivity index (χ4n) is 1.46. The van der Waals surface area contributed by atoms with E-state index in [0.29, 0.717) is 5.15 Å². The van der Waals surface area contributed by atoms with Crippen LogP contribution in [0.4, 0.5) is 10.4 Å². The number of nitrogens with one attached hydrogen (secondary N) is 1. The predicted octanol–water partition coefficient (Wildman–Crippen LogP) is 1.49. The molecule has 25 heavy (non-hydrogen) atoms. The van der Waals surface area contributed by atoms with Crippen LogP contribution in [0.15, 0.2) is 49.4 Å². The van der Waals surface area contributed by atoms with Gasteiger partial charge >= 0.3 is 28.7 Å². The van der Waals surface area contributed by atoms with Crippen LogP contribution in [0, 0.1) is 16.7 Å². The number of aromatic nitrogens is 3. The third-order valence-corrected chi connectivity index (χ3v) is 2.94. The van der Waals surface area contributed by atoms with E-state index in [-0.39, 0.29) is 57.0 Å². The van der Waals surface area contributed by atoms with E-state index in [1.165, 1.54) is 18.3 Å². The summed E-state index contributed by atoms with van der Waals surface area (Å²) in [7, 11) is 0. The topological polar surface area (TPSA) is 84.7 Å². The molecule has 0 radical (unpaired) electrons. The molecule has 0 aromatic carbocycles. The molecular weight excluding hydrogens is 450 g/mol. The van der Waals surface area contributed by atoms with Gasteiger partial charge in [0.25, 0.3) is 0 Å². The molecule has 3 aromatic heterocycles. The first kappa shape index (κ1) is 28.5. The predicted molar refractivity (Wildman–Crippen MR) is 97.3 cm³/mol. The zero-order chi connectivity index (χ0) is 16.5. The number of H-pyrrole nitrogens is 1. The van der Waals surface area contributed by atoms with Crippen molar-refractivity contribution in [3.8, 4) is 0 Å². The Morgan fingerprint density at radius 1 is 1.16 bits per heavy atom. The summed E-state index contributed by atoms with van der Waals surface area (Å²) in [6, 6.07) is 6.64. The number of halogens is 4. The number of hydrogen-bond acceptors (Lipinski definition) is 4. The quantitative estimate of drug-likeness (QED) is 0.194. The van der Waals surface area contributed by atoms with E-state index in [0.717, 1.165) is 10.9 Å². The fraction of sp³-hybridized carbons (Fsp3) is 0. The summed E-state index contributed by atoms with van der Waals surface area (Å²) >= 11 is 11.1. The van der Waals surface area contributed by atoms with Gasteiger partial charge in [-0.05, 0) is 18.2 Å². The Hall–Kier alpha value is -1.26. The fourth-order valence-corrected chi connectivity index (χ4v) is 1.87. The average Bonchev–Trinajstić information content (AvgIpc) is 3.00. The molecule has 0 aliphatic carbocycles. The summed E-state index contributed by atoms with van der Waals surface area (Å²) < 4.78 is 0.